The zero-order valence-corrected chi connectivity index (χ0v) is 15.0. The van der Waals surface area contributed by atoms with Gasteiger partial charge in [-0.25, -0.2) is 4.79 Å². The highest BCUT2D eigenvalue weighted by Gasteiger charge is 2.31. The van der Waals surface area contributed by atoms with Crippen molar-refractivity contribution in [2.24, 2.45) is 0 Å². The first-order chi connectivity index (χ1) is 12.9. The normalized spacial score (nSPS) is 16.4. The van der Waals surface area contributed by atoms with Gasteiger partial charge in [-0.15, -0.1) is 0 Å². The maximum absolute atomic E-state index is 12.9. The van der Waals surface area contributed by atoms with Gasteiger partial charge in [0, 0.05) is 5.70 Å². The summed E-state index contributed by atoms with van der Waals surface area (Å²) in [6.07, 6.45) is 0. The van der Waals surface area contributed by atoms with Crippen molar-refractivity contribution in [1.82, 2.24) is 10.6 Å². The predicted octanol–water partition coefficient (Wildman–Crippen LogP) is 1.97. The number of nitrogens with one attached hydrogen (secondary N) is 3. The van der Waals surface area contributed by atoms with Crippen molar-refractivity contribution in [1.29, 1.82) is 0 Å². The summed E-state index contributed by atoms with van der Waals surface area (Å²) in [5.74, 6) is -1.75. The summed E-state index contributed by atoms with van der Waals surface area (Å²) in [6.45, 7) is 1.61. The summed E-state index contributed by atoms with van der Waals surface area (Å²) < 4.78 is 0. The molecule has 3 N–H and O–H groups in total. The van der Waals surface area contributed by atoms with Crippen LogP contribution in [0.3, 0.4) is 0 Å². The molecule has 0 spiro atoms. The molecule has 0 aliphatic carbocycles. The van der Waals surface area contributed by atoms with E-state index in [4.69, 9.17) is 11.6 Å². The molecule has 8 heteroatoms. The largest absolute Gasteiger partial charge is 0.545 e. The topological polar surface area (TPSA) is 110 Å². The quantitative estimate of drug-likeness (QED) is 0.748. The highest BCUT2D eigenvalue weighted by atomic mass is 35.5. The number of carbonyl (C=O) groups excluding carboxylic acids is 3. The molecule has 0 unspecified atom stereocenters. The van der Waals surface area contributed by atoms with Crippen LogP contribution in [-0.2, 0) is 4.79 Å². The molecule has 27 heavy (non-hydrogen) atoms. The molecular weight excluding hydrogens is 370 g/mol. The van der Waals surface area contributed by atoms with Crippen LogP contribution in [-0.4, -0.2) is 17.9 Å². The third-order valence-electron chi connectivity index (χ3n) is 4.12. The number of para-hydroxylation sites is 1. The van der Waals surface area contributed by atoms with Crippen LogP contribution in [0.1, 0.15) is 28.9 Å². The maximum Gasteiger partial charge on any atom is 0.319 e. The molecular formula is C19H15ClN3O4-. The van der Waals surface area contributed by atoms with Crippen LogP contribution >= 0.6 is 11.6 Å². The van der Waals surface area contributed by atoms with Gasteiger partial charge in [0.1, 0.15) is 0 Å². The van der Waals surface area contributed by atoms with Gasteiger partial charge < -0.3 is 25.9 Å². The van der Waals surface area contributed by atoms with Crippen molar-refractivity contribution in [2.75, 3.05) is 5.32 Å². The molecule has 1 aliphatic heterocycles. The summed E-state index contributed by atoms with van der Waals surface area (Å²) in [5.41, 5.74) is 1.67. The summed E-state index contributed by atoms with van der Waals surface area (Å²) in [6, 6.07) is 11.3. The molecule has 0 fully saturated rings. The SMILES string of the molecule is CC1=C(C(=O)Nc2ccccc2Cl)[C@H](c2ccc(C(=O)[O-])cc2)NC(=O)N1. The van der Waals surface area contributed by atoms with E-state index >= 15 is 0 Å². The van der Waals surface area contributed by atoms with Crippen molar-refractivity contribution < 1.29 is 19.5 Å². The Balaban J connectivity index is 1.95. The molecule has 1 aliphatic rings. The summed E-state index contributed by atoms with van der Waals surface area (Å²) in [7, 11) is 0. The number of carboxylic acid groups (broad SMARTS) is 1. The third kappa shape index (κ3) is 3.93. The lowest BCUT2D eigenvalue weighted by Crippen LogP contribution is -2.46. The molecule has 2 aromatic rings. The van der Waals surface area contributed by atoms with Crippen LogP contribution in [0.25, 0.3) is 0 Å². The molecule has 0 bridgehead atoms. The van der Waals surface area contributed by atoms with Gasteiger partial charge >= 0.3 is 6.03 Å². The smallest absolute Gasteiger partial charge is 0.319 e. The molecule has 0 saturated carbocycles. The number of hydrogen-bond acceptors (Lipinski definition) is 4. The molecule has 138 valence electrons. The van der Waals surface area contributed by atoms with Crippen LogP contribution in [0.2, 0.25) is 5.02 Å². The number of amides is 3. The number of allylic oxidation sites excluding steroid dienone is 1. The number of carbonyl (C=O) groups is 3. The van der Waals surface area contributed by atoms with Gasteiger partial charge in [0.15, 0.2) is 0 Å². The Labute approximate surface area is 160 Å². The lowest BCUT2D eigenvalue weighted by atomic mass is 9.94. The number of hydrogen-bond donors (Lipinski definition) is 3. The van der Waals surface area contributed by atoms with Crippen molar-refractivity contribution in [3.05, 3.63) is 76.0 Å². The number of benzene rings is 2. The summed E-state index contributed by atoms with van der Waals surface area (Å²) in [4.78, 5) is 35.7. The molecule has 1 heterocycles. The summed E-state index contributed by atoms with van der Waals surface area (Å²) in [5, 5.41) is 19.3. The second kappa shape index (κ2) is 7.51. The molecule has 3 amide bonds. The van der Waals surface area contributed by atoms with Gasteiger partial charge in [-0.05, 0) is 30.2 Å². The number of halogens is 1. The van der Waals surface area contributed by atoms with E-state index in [2.05, 4.69) is 16.0 Å². The average Bonchev–Trinajstić information content (AvgIpc) is 2.63. The van der Waals surface area contributed by atoms with Gasteiger partial charge in [-0.1, -0.05) is 48.0 Å². The van der Waals surface area contributed by atoms with E-state index in [-0.39, 0.29) is 11.1 Å². The standard InChI is InChI=1S/C19H16ClN3O4/c1-10-15(17(24)22-14-5-3-2-4-13(14)20)16(23-19(27)21-10)11-6-8-12(9-7-11)18(25)26/h2-9,16H,1H3,(H,22,24)(H,25,26)(H2,21,23,27)/p-1/t16-/m0/s1. The van der Waals surface area contributed by atoms with E-state index < -0.39 is 23.9 Å². The predicted molar refractivity (Wildman–Crippen MR) is 98.0 cm³/mol. The number of carboxylic acids is 1. The van der Waals surface area contributed by atoms with E-state index in [0.717, 1.165) is 0 Å². The lowest BCUT2D eigenvalue weighted by Gasteiger charge is -2.29. The zero-order chi connectivity index (χ0) is 19.6. The van der Waals surface area contributed by atoms with Crippen LogP contribution in [0.4, 0.5) is 10.5 Å². The van der Waals surface area contributed by atoms with Crippen molar-refractivity contribution in [3.63, 3.8) is 0 Å². The van der Waals surface area contributed by atoms with Gasteiger partial charge in [-0.2, -0.15) is 0 Å². The molecule has 7 nitrogen and oxygen atoms in total. The van der Waals surface area contributed by atoms with Gasteiger partial charge in [0.25, 0.3) is 5.91 Å². The molecule has 0 aromatic heterocycles. The second-order valence-electron chi connectivity index (χ2n) is 5.91. The Bertz CT molecular complexity index is 954. The van der Waals surface area contributed by atoms with E-state index in [9.17, 15) is 19.5 Å². The Kier molecular flexibility index (Phi) is 5.14. The van der Waals surface area contributed by atoms with Crippen LogP contribution in [0, 0.1) is 0 Å². The number of anilines is 1. The Morgan fingerprint density at radius 2 is 1.78 bits per heavy atom. The third-order valence-corrected chi connectivity index (χ3v) is 4.45. The van der Waals surface area contributed by atoms with Crippen LogP contribution in [0.5, 0.6) is 0 Å². The highest BCUT2D eigenvalue weighted by molar-refractivity contribution is 6.33. The van der Waals surface area contributed by atoms with Crippen molar-refractivity contribution >= 4 is 35.2 Å². The van der Waals surface area contributed by atoms with Crippen LogP contribution < -0.4 is 21.1 Å². The Morgan fingerprint density at radius 1 is 1.11 bits per heavy atom. The maximum atomic E-state index is 12.9. The minimum atomic E-state index is -1.31. The number of urea groups is 1. The second-order valence-corrected chi connectivity index (χ2v) is 6.32. The average molecular weight is 385 g/mol. The van der Waals surface area contributed by atoms with Crippen molar-refractivity contribution in [2.45, 2.75) is 13.0 Å². The lowest BCUT2D eigenvalue weighted by molar-refractivity contribution is -0.255. The minimum Gasteiger partial charge on any atom is -0.545 e. The van der Waals surface area contributed by atoms with Gasteiger partial charge in [-0.3, -0.25) is 4.79 Å². The molecule has 0 saturated heterocycles. The van der Waals surface area contributed by atoms with E-state index in [1.165, 1.54) is 24.3 Å². The number of rotatable bonds is 4. The fraction of sp³-hybridized carbons (Fsp3) is 0.105. The number of aromatic carboxylic acids is 1. The Morgan fingerprint density at radius 3 is 2.41 bits per heavy atom. The molecule has 3 rings (SSSR count). The Hall–Kier alpha value is -3.32. The summed E-state index contributed by atoms with van der Waals surface area (Å²) >= 11 is 6.09. The van der Waals surface area contributed by atoms with Crippen LogP contribution in [0.15, 0.2) is 59.8 Å². The van der Waals surface area contributed by atoms with E-state index in [1.54, 1.807) is 31.2 Å². The van der Waals surface area contributed by atoms with Gasteiger partial charge in [0.2, 0.25) is 0 Å². The molecule has 1 atom stereocenters. The van der Waals surface area contributed by atoms with Gasteiger partial charge in [0.05, 0.1) is 28.3 Å². The van der Waals surface area contributed by atoms with Crippen molar-refractivity contribution in [3.8, 4) is 0 Å². The fourth-order valence-electron chi connectivity index (χ4n) is 2.81. The first kappa shape index (κ1) is 18.5. The minimum absolute atomic E-state index is 0.00165. The van der Waals surface area contributed by atoms with E-state index in [1.807, 2.05) is 0 Å². The monoisotopic (exact) mass is 384 g/mol. The molecule has 2 aromatic carbocycles. The first-order valence-corrected chi connectivity index (χ1v) is 8.40. The molecule has 0 radical (unpaired) electrons. The highest BCUT2D eigenvalue weighted by Crippen LogP contribution is 2.29. The first-order valence-electron chi connectivity index (χ1n) is 8.02. The fourth-order valence-corrected chi connectivity index (χ4v) is 2.99. The zero-order valence-electron chi connectivity index (χ0n) is 14.2. The van der Waals surface area contributed by atoms with E-state index in [0.29, 0.717) is 22.0 Å².